The number of aliphatic hydroxyl groups is 1. The van der Waals surface area contributed by atoms with Crippen LogP contribution in [0.3, 0.4) is 0 Å². The monoisotopic (exact) mass is 337 g/mol. The molecule has 1 aliphatic rings. The third-order valence-corrected chi connectivity index (χ3v) is 3.88. The van der Waals surface area contributed by atoms with Gasteiger partial charge in [-0.1, -0.05) is 6.07 Å². The Balaban J connectivity index is 2.05. The van der Waals surface area contributed by atoms with Crippen LogP contribution in [-0.2, 0) is 14.3 Å². The van der Waals surface area contributed by atoms with Gasteiger partial charge >= 0.3 is 6.03 Å². The van der Waals surface area contributed by atoms with Crippen molar-refractivity contribution in [2.45, 2.75) is 19.1 Å². The Hall–Kier alpha value is -2.16. The zero-order chi connectivity index (χ0) is 17.7. The molecule has 1 fully saturated rings. The second kappa shape index (κ2) is 8.09. The van der Waals surface area contributed by atoms with Crippen molar-refractivity contribution >= 4 is 23.3 Å². The van der Waals surface area contributed by atoms with E-state index in [1.54, 1.807) is 25.2 Å². The number of nitrogens with one attached hydrogen (secondary N) is 2. The fourth-order valence-electron chi connectivity index (χ4n) is 2.42. The molecule has 0 spiro atoms. The topological polar surface area (TPSA) is 100 Å². The summed E-state index contributed by atoms with van der Waals surface area (Å²) in [7, 11) is 3.05. The summed E-state index contributed by atoms with van der Waals surface area (Å²) in [4.78, 5) is 25.4. The molecule has 0 bridgehead atoms. The maximum Gasteiger partial charge on any atom is 0.322 e. The van der Waals surface area contributed by atoms with E-state index in [0.29, 0.717) is 18.0 Å². The Kier molecular flexibility index (Phi) is 6.13. The van der Waals surface area contributed by atoms with E-state index in [-0.39, 0.29) is 31.2 Å². The quantitative estimate of drug-likeness (QED) is 0.738. The van der Waals surface area contributed by atoms with Crippen LogP contribution in [0.1, 0.15) is 5.56 Å². The molecule has 1 aromatic rings. The molecule has 1 heterocycles. The van der Waals surface area contributed by atoms with Crippen LogP contribution in [0, 0.1) is 6.92 Å². The minimum absolute atomic E-state index is 0.0438. The second-order valence-electron chi connectivity index (χ2n) is 5.72. The first kappa shape index (κ1) is 18.2. The van der Waals surface area contributed by atoms with E-state index < -0.39 is 6.10 Å². The Bertz CT molecular complexity index is 607. The van der Waals surface area contributed by atoms with Gasteiger partial charge in [0.15, 0.2) is 0 Å². The van der Waals surface area contributed by atoms with Gasteiger partial charge in [0.1, 0.15) is 6.61 Å². The standard InChI is InChI=1S/C16H23N3O5/c1-10-4-5-11(17-15(21)9-23-3)6-12(10)18-16(22)19(2)13-7-24-8-14(13)20/h4-6,13-14,20H,7-9H2,1-3H3,(H,17,21)(H,18,22)/t13-,14-/m1/s1. The minimum Gasteiger partial charge on any atom is -0.388 e. The van der Waals surface area contributed by atoms with E-state index in [1.165, 1.54) is 12.0 Å². The predicted molar refractivity (Wildman–Crippen MR) is 89.1 cm³/mol. The first-order valence-electron chi connectivity index (χ1n) is 7.61. The number of anilines is 2. The molecular formula is C16H23N3O5. The van der Waals surface area contributed by atoms with Crippen LogP contribution >= 0.6 is 0 Å². The summed E-state index contributed by atoms with van der Waals surface area (Å²) in [6, 6.07) is 4.49. The van der Waals surface area contributed by atoms with Crippen molar-refractivity contribution in [3.8, 4) is 0 Å². The smallest absolute Gasteiger partial charge is 0.322 e. The molecule has 1 aliphatic heterocycles. The molecule has 0 radical (unpaired) electrons. The summed E-state index contributed by atoms with van der Waals surface area (Å²) in [6.45, 7) is 2.33. The number of likely N-dealkylation sites (N-methyl/N-ethyl adjacent to an activating group) is 1. The van der Waals surface area contributed by atoms with Crippen LogP contribution in [0.2, 0.25) is 0 Å². The highest BCUT2D eigenvalue weighted by atomic mass is 16.5. The van der Waals surface area contributed by atoms with Gasteiger partial charge in [0.25, 0.3) is 0 Å². The van der Waals surface area contributed by atoms with Crippen LogP contribution in [0.4, 0.5) is 16.2 Å². The van der Waals surface area contributed by atoms with Gasteiger partial charge in [0.05, 0.1) is 25.4 Å². The van der Waals surface area contributed by atoms with Gasteiger partial charge in [0.2, 0.25) is 5.91 Å². The lowest BCUT2D eigenvalue weighted by molar-refractivity contribution is -0.119. The molecule has 8 heteroatoms. The van der Waals surface area contributed by atoms with Gasteiger partial charge in [-0.05, 0) is 24.6 Å². The van der Waals surface area contributed by atoms with Crippen LogP contribution in [0.25, 0.3) is 0 Å². The Labute approximate surface area is 140 Å². The van der Waals surface area contributed by atoms with Gasteiger partial charge in [-0.3, -0.25) is 4.79 Å². The first-order chi connectivity index (χ1) is 11.4. The molecule has 3 N–H and O–H groups in total. The number of carbonyl (C=O) groups is 2. The van der Waals surface area contributed by atoms with E-state index >= 15 is 0 Å². The second-order valence-corrected chi connectivity index (χ2v) is 5.72. The van der Waals surface area contributed by atoms with E-state index in [4.69, 9.17) is 9.47 Å². The van der Waals surface area contributed by atoms with Gasteiger partial charge < -0.3 is 30.1 Å². The van der Waals surface area contributed by atoms with Gasteiger partial charge in [-0.15, -0.1) is 0 Å². The molecule has 8 nitrogen and oxygen atoms in total. The number of benzene rings is 1. The zero-order valence-corrected chi connectivity index (χ0v) is 14.0. The number of hydrogen-bond donors (Lipinski definition) is 3. The maximum atomic E-state index is 12.4. The van der Waals surface area contributed by atoms with Crippen LogP contribution < -0.4 is 10.6 Å². The number of amides is 3. The van der Waals surface area contributed by atoms with Crippen molar-refractivity contribution in [2.75, 3.05) is 44.6 Å². The first-order valence-corrected chi connectivity index (χ1v) is 7.61. The Morgan fingerprint density at radius 2 is 2.12 bits per heavy atom. The van der Waals surface area contributed by atoms with Crippen LogP contribution in [-0.4, -0.2) is 68.1 Å². The third-order valence-electron chi connectivity index (χ3n) is 3.88. The molecule has 3 amide bonds. The zero-order valence-electron chi connectivity index (χ0n) is 14.0. The number of nitrogens with zero attached hydrogens (tertiary/aromatic N) is 1. The number of carbonyl (C=O) groups excluding carboxylic acids is 2. The summed E-state index contributed by atoms with van der Waals surface area (Å²) in [6.07, 6.45) is -0.693. The SMILES string of the molecule is COCC(=O)Nc1ccc(C)c(NC(=O)N(C)[C@@H]2COC[C@H]2O)c1. The van der Waals surface area contributed by atoms with E-state index in [9.17, 15) is 14.7 Å². The summed E-state index contributed by atoms with van der Waals surface area (Å²) in [5.74, 6) is -0.276. The molecule has 1 aromatic carbocycles. The molecule has 132 valence electrons. The molecule has 2 atom stereocenters. The summed E-state index contributed by atoms with van der Waals surface area (Å²) in [5.41, 5.74) is 1.99. The third kappa shape index (κ3) is 4.44. The number of aliphatic hydroxyl groups excluding tert-OH is 1. The number of hydrogen-bond acceptors (Lipinski definition) is 5. The highest BCUT2D eigenvalue weighted by molar-refractivity contribution is 5.94. The highest BCUT2D eigenvalue weighted by Gasteiger charge is 2.32. The fraction of sp³-hybridized carbons (Fsp3) is 0.500. The summed E-state index contributed by atoms with van der Waals surface area (Å²) >= 11 is 0. The van der Waals surface area contributed by atoms with Gasteiger partial charge in [-0.2, -0.15) is 0 Å². The van der Waals surface area contributed by atoms with Crippen molar-refractivity contribution in [3.05, 3.63) is 23.8 Å². The fourth-order valence-corrected chi connectivity index (χ4v) is 2.42. The normalized spacial score (nSPS) is 19.8. The number of aryl methyl sites for hydroxylation is 1. The Morgan fingerprint density at radius 3 is 2.75 bits per heavy atom. The van der Waals surface area contributed by atoms with Crippen molar-refractivity contribution in [1.82, 2.24) is 4.90 Å². The van der Waals surface area contributed by atoms with Crippen molar-refractivity contribution < 1.29 is 24.2 Å². The van der Waals surface area contributed by atoms with E-state index in [2.05, 4.69) is 10.6 Å². The summed E-state index contributed by atoms with van der Waals surface area (Å²) < 4.78 is 9.94. The average Bonchev–Trinajstić information content (AvgIpc) is 2.96. The van der Waals surface area contributed by atoms with Crippen molar-refractivity contribution in [3.63, 3.8) is 0 Å². The lowest BCUT2D eigenvalue weighted by Gasteiger charge is -2.26. The number of urea groups is 1. The maximum absolute atomic E-state index is 12.4. The average molecular weight is 337 g/mol. The van der Waals surface area contributed by atoms with Gasteiger partial charge in [0, 0.05) is 25.5 Å². The number of methoxy groups -OCH3 is 1. The van der Waals surface area contributed by atoms with Gasteiger partial charge in [-0.25, -0.2) is 4.79 Å². The van der Waals surface area contributed by atoms with Crippen LogP contribution in [0.5, 0.6) is 0 Å². The van der Waals surface area contributed by atoms with Crippen molar-refractivity contribution in [2.24, 2.45) is 0 Å². The lowest BCUT2D eigenvalue weighted by Crippen LogP contribution is -2.46. The molecular weight excluding hydrogens is 314 g/mol. The molecule has 0 aliphatic carbocycles. The molecule has 0 saturated carbocycles. The summed E-state index contributed by atoms with van der Waals surface area (Å²) in [5, 5.41) is 15.3. The van der Waals surface area contributed by atoms with Crippen LogP contribution in [0.15, 0.2) is 18.2 Å². The van der Waals surface area contributed by atoms with E-state index in [1.807, 2.05) is 6.92 Å². The molecule has 2 rings (SSSR count). The minimum atomic E-state index is -0.693. The Morgan fingerprint density at radius 1 is 1.38 bits per heavy atom. The largest absolute Gasteiger partial charge is 0.388 e. The predicted octanol–water partition coefficient (Wildman–Crippen LogP) is 0.803. The van der Waals surface area contributed by atoms with Crippen molar-refractivity contribution in [1.29, 1.82) is 0 Å². The highest BCUT2D eigenvalue weighted by Crippen LogP contribution is 2.21. The molecule has 24 heavy (non-hydrogen) atoms. The number of ether oxygens (including phenoxy) is 2. The number of rotatable bonds is 5. The molecule has 0 aromatic heterocycles. The molecule has 1 saturated heterocycles. The van der Waals surface area contributed by atoms with E-state index in [0.717, 1.165) is 5.56 Å². The lowest BCUT2D eigenvalue weighted by atomic mass is 10.1. The molecule has 0 unspecified atom stereocenters.